The summed E-state index contributed by atoms with van der Waals surface area (Å²) < 4.78 is 5.72. The Morgan fingerprint density at radius 3 is 2.94 bits per heavy atom. The zero-order valence-corrected chi connectivity index (χ0v) is 11.2. The summed E-state index contributed by atoms with van der Waals surface area (Å²) >= 11 is 1.95. The fourth-order valence-electron chi connectivity index (χ4n) is 1.35. The summed E-state index contributed by atoms with van der Waals surface area (Å²) in [6.45, 7) is 0. The summed E-state index contributed by atoms with van der Waals surface area (Å²) in [6, 6.07) is 7.45. The van der Waals surface area contributed by atoms with Gasteiger partial charge in [-0.25, -0.2) is 4.98 Å². The minimum Gasteiger partial charge on any atom is -0.495 e. The molecule has 2 rings (SSSR count). The van der Waals surface area contributed by atoms with E-state index in [2.05, 4.69) is 15.3 Å². The van der Waals surface area contributed by atoms with Crippen molar-refractivity contribution in [2.45, 2.75) is 0 Å². The third-order valence-electron chi connectivity index (χ3n) is 2.16. The quantitative estimate of drug-likeness (QED) is 0.838. The molecule has 0 unspecified atom stereocenters. The average molecular weight is 343 g/mol. The van der Waals surface area contributed by atoms with Crippen LogP contribution in [0.25, 0.3) is 0 Å². The van der Waals surface area contributed by atoms with Crippen molar-refractivity contribution in [3.63, 3.8) is 0 Å². The van der Waals surface area contributed by atoms with Gasteiger partial charge in [0.25, 0.3) is 5.56 Å². The van der Waals surface area contributed by atoms with E-state index < -0.39 is 0 Å². The summed E-state index contributed by atoms with van der Waals surface area (Å²) in [5.74, 6) is 1.21. The van der Waals surface area contributed by atoms with Gasteiger partial charge in [0.1, 0.15) is 9.32 Å². The number of anilines is 2. The number of nitrogens with zero attached hydrogens (tertiary/aromatic N) is 1. The average Bonchev–Trinajstić information content (AvgIpc) is 2.35. The van der Waals surface area contributed by atoms with Gasteiger partial charge in [0.15, 0.2) is 5.82 Å². The van der Waals surface area contributed by atoms with E-state index in [4.69, 9.17) is 4.74 Å². The van der Waals surface area contributed by atoms with Crippen molar-refractivity contribution in [2.24, 2.45) is 0 Å². The molecule has 0 fully saturated rings. The van der Waals surface area contributed by atoms with Crippen LogP contribution < -0.4 is 15.6 Å². The normalized spacial score (nSPS) is 10.0. The number of benzene rings is 1. The molecule has 6 heteroatoms. The minimum atomic E-state index is -0.169. The predicted octanol–water partition coefficient (Wildman–Crippen LogP) is 2.13. The van der Waals surface area contributed by atoms with Gasteiger partial charge in [-0.1, -0.05) is 12.1 Å². The molecule has 0 aliphatic heterocycles. The van der Waals surface area contributed by atoms with Crippen LogP contribution in [0.5, 0.6) is 5.75 Å². The second kappa shape index (κ2) is 5.17. The fourth-order valence-corrected chi connectivity index (χ4v) is 1.78. The molecule has 2 N–H and O–H groups in total. The van der Waals surface area contributed by atoms with E-state index in [9.17, 15) is 4.79 Å². The van der Waals surface area contributed by atoms with Crippen LogP contribution in [0.15, 0.2) is 35.4 Å². The molecule has 17 heavy (non-hydrogen) atoms. The molecule has 0 saturated carbocycles. The van der Waals surface area contributed by atoms with Gasteiger partial charge in [0.2, 0.25) is 0 Å². The Bertz CT molecular complexity index is 583. The molecule has 88 valence electrons. The zero-order valence-electron chi connectivity index (χ0n) is 9.03. The summed E-state index contributed by atoms with van der Waals surface area (Å²) in [4.78, 5) is 18.0. The van der Waals surface area contributed by atoms with Crippen LogP contribution >= 0.6 is 22.6 Å². The molecule has 0 saturated heterocycles. The Hall–Kier alpha value is -1.57. The maximum absolute atomic E-state index is 11.4. The molecule has 0 bridgehead atoms. The Morgan fingerprint density at radius 2 is 2.18 bits per heavy atom. The number of para-hydroxylation sites is 2. The molecule has 5 nitrogen and oxygen atoms in total. The summed E-state index contributed by atoms with van der Waals surface area (Å²) in [5.41, 5.74) is 0.601. The molecule has 1 aromatic carbocycles. The van der Waals surface area contributed by atoms with Gasteiger partial charge in [-0.2, -0.15) is 0 Å². The highest BCUT2D eigenvalue weighted by Gasteiger charge is 2.07. The van der Waals surface area contributed by atoms with Crippen LogP contribution in [0, 0.1) is 3.57 Å². The van der Waals surface area contributed by atoms with Crippen LogP contribution in [0.1, 0.15) is 0 Å². The number of hydrogen-bond donors (Lipinski definition) is 2. The number of methoxy groups -OCH3 is 1. The lowest BCUT2D eigenvalue weighted by molar-refractivity contribution is 0.417. The van der Waals surface area contributed by atoms with Crippen molar-refractivity contribution in [3.8, 4) is 5.75 Å². The molecule has 0 amide bonds. The number of rotatable bonds is 3. The molecule has 2 aromatic rings. The van der Waals surface area contributed by atoms with Gasteiger partial charge < -0.3 is 15.0 Å². The van der Waals surface area contributed by atoms with E-state index in [0.717, 1.165) is 5.69 Å². The summed E-state index contributed by atoms with van der Waals surface area (Å²) in [7, 11) is 1.59. The van der Waals surface area contributed by atoms with Gasteiger partial charge in [0.05, 0.1) is 19.1 Å². The number of nitrogens with one attached hydrogen (secondary N) is 2. The molecular weight excluding hydrogens is 333 g/mol. The van der Waals surface area contributed by atoms with Crippen LogP contribution in [0.4, 0.5) is 11.5 Å². The van der Waals surface area contributed by atoms with Crippen molar-refractivity contribution in [2.75, 3.05) is 12.4 Å². The molecular formula is C11H10IN3O2. The number of ether oxygens (including phenoxy) is 1. The third kappa shape index (κ3) is 2.57. The fraction of sp³-hybridized carbons (Fsp3) is 0.0909. The van der Waals surface area contributed by atoms with E-state index in [-0.39, 0.29) is 5.56 Å². The second-order valence-corrected chi connectivity index (χ2v) is 4.30. The number of aromatic amines is 1. The Kier molecular flexibility index (Phi) is 3.62. The lowest BCUT2D eigenvalue weighted by Gasteiger charge is -2.10. The van der Waals surface area contributed by atoms with Gasteiger partial charge in [0, 0.05) is 0 Å². The zero-order chi connectivity index (χ0) is 12.3. The second-order valence-electron chi connectivity index (χ2n) is 3.22. The molecule has 1 aromatic heterocycles. The van der Waals surface area contributed by atoms with Crippen LogP contribution in [0.2, 0.25) is 0 Å². The highest BCUT2D eigenvalue weighted by atomic mass is 127. The number of H-pyrrole nitrogens is 1. The third-order valence-corrected chi connectivity index (χ3v) is 3.16. The summed E-state index contributed by atoms with van der Waals surface area (Å²) in [6.07, 6.45) is 1.36. The van der Waals surface area contributed by atoms with Crippen LogP contribution in [0.3, 0.4) is 0 Å². The Labute approximate surface area is 111 Å². The lowest BCUT2D eigenvalue weighted by atomic mass is 10.3. The van der Waals surface area contributed by atoms with Crippen LogP contribution in [-0.4, -0.2) is 17.1 Å². The van der Waals surface area contributed by atoms with E-state index in [0.29, 0.717) is 15.1 Å². The molecule has 0 spiro atoms. The molecule has 1 heterocycles. The lowest BCUT2D eigenvalue weighted by Crippen LogP contribution is -2.13. The SMILES string of the molecule is COc1ccccc1Nc1nc[nH]c(=O)c1I. The Morgan fingerprint density at radius 1 is 1.41 bits per heavy atom. The standard InChI is InChI=1S/C11H10IN3O2/c1-17-8-5-3-2-4-7(8)15-10-9(12)11(16)14-6-13-10/h2-6H,1H3,(H2,13,14,15,16). The number of aromatic nitrogens is 2. The van der Waals surface area contributed by atoms with Crippen LogP contribution in [-0.2, 0) is 0 Å². The summed E-state index contributed by atoms with van der Waals surface area (Å²) in [5, 5.41) is 3.07. The first-order valence-corrected chi connectivity index (χ1v) is 5.93. The first-order valence-electron chi connectivity index (χ1n) is 4.85. The topological polar surface area (TPSA) is 67.0 Å². The van der Waals surface area contributed by atoms with E-state index in [1.54, 1.807) is 7.11 Å². The minimum absolute atomic E-state index is 0.169. The van der Waals surface area contributed by atoms with Gasteiger partial charge in [-0.05, 0) is 34.7 Å². The first kappa shape index (κ1) is 11.9. The van der Waals surface area contributed by atoms with Crippen molar-refractivity contribution in [3.05, 3.63) is 44.5 Å². The molecule has 0 radical (unpaired) electrons. The van der Waals surface area contributed by atoms with Crippen molar-refractivity contribution < 1.29 is 4.74 Å². The number of halogens is 1. The van der Waals surface area contributed by atoms with E-state index in [1.807, 2.05) is 46.9 Å². The monoisotopic (exact) mass is 343 g/mol. The first-order chi connectivity index (χ1) is 8.22. The molecule has 0 aliphatic rings. The maximum atomic E-state index is 11.4. The molecule has 0 aliphatic carbocycles. The van der Waals surface area contributed by atoms with E-state index in [1.165, 1.54) is 6.33 Å². The predicted molar refractivity (Wildman–Crippen MR) is 73.9 cm³/mol. The van der Waals surface area contributed by atoms with Gasteiger partial charge in [-0.15, -0.1) is 0 Å². The smallest absolute Gasteiger partial charge is 0.266 e. The van der Waals surface area contributed by atoms with Gasteiger partial charge in [-0.3, -0.25) is 4.79 Å². The Balaban J connectivity index is 2.38. The van der Waals surface area contributed by atoms with E-state index >= 15 is 0 Å². The highest BCUT2D eigenvalue weighted by molar-refractivity contribution is 14.1. The van der Waals surface area contributed by atoms with Gasteiger partial charge >= 0.3 is 0 Å². The molecule has 0 atom stereocenters. The highest BCUT2D eigenvalue weighted by Crippen LogP contribution is 2.26. The largest absolute Gasteiger partial charge is 0.495 e. The van der Waals surface area contributed by atoms with Crippen molar-refractivity contribution >= 4 is 34.1 Å². The van der Waals surface area contributed by atoms with Crippen molar-refractivity contribution in [1.82, 2.24) is 9.97 Å². The van der Waals surface area contributed by atoms with Crippen molar-refractivity contribution in [1.29, 1.82) is 0 Å². The number of hydrogen-bond acceptors (Lipinski definition) is 4. The maximum Gasteiger partial charge on any atom is 0.266 e.